The minimum Gasteiger partial charge on any atom is -0.493 e. The highest BCUT2D eigenvalue weighted by atomic mass is 16.6. The Labute approximate surface area is 193 Å². The first-order chi connectivity index (χ1) is 16.0. The summed E-state index contributed by atoms with van der Waals surface area (Å²) < 4.78 is 16.8. The Hall–Kier alpha value is -3.59. The molecule has 1 fully saturated rings. The van der Waals surface area contributed by atoms with E-state index in [1.54, 1.807) is 43.3 Å². The quantitative estimate of drug-likeness (QED) is 0.310. The summed E-state index contributed by atoms with van der Waals surface area (Å²) in [5, 5.41) is 14.2. The summed E-state index contributed by atoms with van der Waals surface area (Å²) in [5.41, 5.74) is 1.29. The number of methoxy groups -OCH3 is 1. The van der Waals surface area contributed by atoms with Crippen LogP contribution in [0, 0.1) is 10.1 Å². The lowest BCUT2D eigenvalue weighted by atomic mass is 10.1. The van der Waals surface area contributed by atoms with Crippen molar-refractivity contribution in [1.29, 1.82) is 0 Å². The summed E-state index contributed by atoms with van der Waals surface area (Å²) in [5.74, 6) is 0.825. The van der Waals surface area contributed by atoms with Gasteiger partial charge in [0.15, 0.2) is 11.5 Å². The second-order valence-electron chi connectivity index (χ2n) is 7.64. The number of anilines is 1. The molecule has 1 aliphatic rings. The summed E-state index contributed by atoms with van der Waals surface area (Å²) in [6.45, 7) is 5.33. The average Bonchev–Trinajstić information content (AvgIpc) is 3.34. The highest BCUT2D eigenvalue weighted by Gasteiger charge is 2.26. The molecule has 176 valence electrons. The number of nitro benzene ring substituents is 1. The van der Waals surface area contributed by atoms with Gasteiger partial charge in [0.1, 0.15) is 12.3 Å². The van der Waals surface area contributed by atoms with E-state index in [4.69, 9.17) is 14.2 Å². The summed E-state index contributed by atoms with van der Waals surface area (Å²) in [6.07, 6.45) is 3.38. The first-order valence-corrected chi connectivity index (χ1v) is 10.7. The van der Waals surface area contributed by atoms with Gasteiger partial charge in [-0.05, 0) is 42.7 Å². The van der Waals surface area contributed by atoms with Crippen molar-refractivity contribution in [3.05, 3.63) is 70.3 Å². The smallest absolute Gasteiger partial charge is 0.293 e. The number of hydrogen-bond acceptors (Lipinski definition) is 7. The number of carbonyl (C=O) groups is 1. The molecular weight excluding hydrogens is 426 g/mol. The van der Waals surface area contributed by atoms with Crippen LogP contribution in [0.2, 0.25) is 0 Å². The summed E-state index contributed by atoms with van der Waals surface area (Å²) >= 11 is 0. The van der Waals surface area contributed by atoms with Gasteiger partial charge in [0.25, 0.3) is 11.6 Å². The second-order valence-corrected chi connectivity index (χ2v) is 7.64. The molecule has 3 rings (SSSR count). The molecule has 1 saturated heterocycles. The number of ether oxygens (including phenoxy) is 3. The van der Waals surface area contributed by atoms with Gasteiger partial charge in [0.2, 0.25) is 0 Å². The third-order valence-corrected chi connectivity index (χ3v) is 5.40. The van der Waals surface area contributed by atoms with Crippen molar-refractivity contribution in [3.63, 3.8) is 0 Å². The zero-order valence-corrected chi connectivity index (χ0v) is 18.9. The van der Waals surface area contributed by atoms with E-state index in [-0.39, 0.29) is 23.3 Å². The van der Waals surface area contributed by atoms with E-state index < -0.39 is 4.92 Å². The van der Waals surface area contributed by atoms with Gasteiger partial charge in [-0.3, -0.25) is 14.9 Å². The van der Waals surface area contributed by atoms with Crippen LogP contribution >= 0.6 is 0 Å². The van der Waals surface area contributed by atoms with Crippen LogP contribution in [0.15, 0.2) is 49.1 Å². The van der Waals surface area contributed by atoms with Crippen molar-refractivity contribution in [2.24, 2.45) is 0 Å². The number of nitro groups is 1. The largest absolute Gasteiger partial charge is 0.493 e. The lowest BCUT2D eigenvalue weighted by Crippen LogP contribution is -2.37. The number of benzene rings is 2. The predicted octanol–water partition coefficient (Wildman–Crippen LogP) is 4.03. The van der Waals surface area contributed by atoms with Crippen molar-refractivity contribution in [3.8, 4) is 11.5 Å². The fourth-order valence-corrected chi connectivity index (χ4v) is 3.76. The Kier molecular flexibility index (Phi) is 8.26. The van der Waals surface area contributed by atoms with Gasteiger partial charge >= 0.3 is 0 Å². The number of rotatable bonds is 11. The highest BCUT2D eigenvalue weighted by molar-refractivity contribution is 5.95. The fourth-order valence-electron chi connectivity index (χ4n) is 3.76. The second kappa shape index (κ2) is 11.3. The standard InChI is InChI=1S/C24H29N3O6/c1-4-11-33-22-10-7-17(13-23(22)31-3)15-26(16-19-6-5-12-32-19)24(28)18-8-9-20(25-2)21(14-18)27(29)30/h4,7-10,13-14,19,25H,1,5-6,11-12,15-16H2,2-3H3. The minimum atomic E-state index is -0.500. The van der Waals surface area contributed by atoms with Crippen molar-refractivity contribution in [1.82, 2.24) is 4.90 Å². The average molecular weight is 456 g/mol. The molecule has 0 saturated carbocycles. The van der Waals surface area contributed by atoms with Crippen LogP contribution < -0.4 is 14.8 Å². The number of hydrogen-bond donors (Lipinski definition) is 1. The maximum atomic E-state index is 13.4. The van der Waals surface area contributed by atoms with Crippen LogP contribution in [0.25, 0.3) is 0 Å². The van der Waals surface area contributed by atoms with E-state index in [2.05, 4.69) is 11.9 Å². The molecular formula is C24H29N3O6. The van der Waals surface area contributed by atoms with E-state index in [0.29, 0.717) is 43.5 Å². The van der Waals surface area contributed by atoms with Crippen LogP contribution in [0.4, 0.5) is 11.4 Å². The van der Waals surface area contributed by atoms with E-state index in [9.17, 15) is 14.9 Å². The topological polar surface area (TPSA) is 103 Å². The number of nitrogens with zero attached hydrogens (tertiary/aromatic N) is 2. The molecule has 0 radical (unpaired) electrons. The van der Waals surface area contributed by atoms with E-state index in [0.717, 1.165) is 18.4 Å². The Morgan fingerprint density at radius 2 is 2.15 bits per heavy atom. The van der Waals surface area contributed by atoms with E-state index in [1.165, 1.54) is 6.07 Å². The maximum Gasteiger partial charge on any atom is 0.293 e. The van der Waals surface area contributed by atoms with Crippen molar-refractivity contribution >= 4 is 17.3 Å². The molecule has 1 N–H and O–H groups in total. The van der Waals surface area contributed by atoms with Gasteiger partial charge in [0, 0.05) is 38.4 Å². The van der Waals surface area contributed by atoms with E-state index >= 15 is 0 Å². The predicted molar refractivity (Wildman–Crippen MR) is 125 cm³/mol. The minimum absolute atomic E-state index is 0.0717. The number of amides is 1. The van der Waals surface area contributed by atoms with Gasteiger partial charge in [-0.25, -0.2) is 0 Å². The van der Waals surface area contributed by atoms with Crippen molar-refractivity contribution < 1.29 is 23.9 Å². The van der Waals surface area contributed by atoms with Gasteiger partial charge in [-0.15, -0.1) is 0 Å². The van der Waals surface area contributed by atoms with Crippen LogP contribution in [0.1, 0.15) is 28.8 Å². The molecule has 9 heteroatoms. The van der Waals surface area contributed by atoms with E-state index in [1.807, 2.05) is 12.1 Å². The molecule has 0 bridgehead atoms. The van der Waals surface area contributed by atoms with Gasteiger partial charge in [-0.2, -0.15) is 0 Å². The molecule has 0 spiro atoms. The summed E-state index contributed by atoms with van der Waals surface area (Å²) in [4.78, 5) is 26.1. The Balaban J connectivity index is 1.88. The van der Waals surface area contributed by atoms with Gasteiger partial charge < -0.3 is 24.4 Å². The molecule has 1 aliphatic heterocycles. The number of nitrogens with one attached hydrogen (secondary N) is 1. The maximum absolute atomic E-state index is 13.4. The Morgan fingerprint density at radius 1 is 1.33 bits per heavy atom. The monoisotopic (exact) mass is 455 g/mol. The first kappa shape index (κ1) is 24.1. The molecule has 0 aromatic heterocycles. The van der Waals surface area contributed by atoms with Crippen LogP contribution in [0.5, 0.6) is 11.5 Å². The summed E-state index contributed by atoms with van der Waals surface area (Å²) in [7, 11) is 3.15. The molecule has 1 amide bonds. The molecule has 1 atom stereocenters. The fraction of sp³-hybridized carbons (Fsp3) is 0.375. The zero-order valence-electron chi connectivity index (χ0n) is 18.9. The van der Waals surface area contributed by atoms with Crippen LogP contribution in [-0.2, 0) is 11.3 Å². The highest BCUT2D eigenvalue weighted by Crippen LogP contribution is 2.30. The zero-order chi connectivity index (χ0) is 23.8. The normalized spacial score (nSPS) is 15.0. The molecule has 1 heterocycles. The van der Waals surface area contributed by atoms with Gasteiger partial charge in [0.05, 0.1) is 18.1 Å². The lowest BCUT2D eigenvalue weighted by molar-refractivity contribution is -0.384. The molecule has 2 aromatic carbocycles. The van der Waals surface area contributed by atoms with Gasteiger partial charge in [-0.1, -0.05) is 18.7 Å². The molecule has 0 aliphatic carbocycles. The molecule has 33 heavy (non-hydrogen) atoms. The SMILES string of the molecule is C=CCOc1ccc(CN(CC2CCCO2)C(=O)c2ccc(NC)c([N+](=O)[O-])c2)cc1OC. The third-order valence-electron chi connectivity index (χ3n) is 5.40. The number of carbonyl (C=O) groups excluding carboxylic acids is 1. The van der Waals surface area contributed by atoms with Crippen molar-refractivity contribution in [2.75, 3.05) is 39.2 Å². The third kappa shape index (κ3) is 6.01. The molecule has 9 nitrogen and oxygen atoms in total. The molecule has 2 aromatic rings. The summed E-state index contributed by atoms with van der Waals surface area (Å²) in [6, 6.07) is 9.92. The van der Waals surface area contributed by atoms with Crippen LogP contribution in [0.3, 0.4) is 0 Å². The lowest BCUT2D eigenvalue weighted by Gasteiger charge is -2.26. The Morgan fingerprint density at radius 3 is 2.79 bits per heavy atom. The van der Waals surface area contributed by atoms with Crippen molar-refractivity contribution in [2.45, 2.75) is 25.5 Å². The van der Waals surface area contributed by atoms with Crippen LogP contribution in [-0.4, -0.2) is 55.8 Å². The first-order valence-electron chi connectivity index (χ1n) is 10.7. The molecule has 1 unspecified atom stereocenters. The Bertz CT molecular complexity index is 1000.